The first-order valence-corrected chi connectivity index (χ1v) is 15.3. The summed E-state index contributed by atoms with van der Waals surface area (Å²) in [4.78, 5) is 0. The molecule has 1 heteroatoms. The van der Waals surface area contributed by atoms with Crippen LogP contribution in [0.2, 0.25) is 0 Å². The zero-order chi connectivity index (χ0) is 23.0. The van der Waals surface area contributed by atoms with Crippen LogP contribution in [0.25, 0.3) is 0 Å². The maximum atomic E-state index is 5.92. The van der Waals surface area contributed by atoms with Gasteiger partial charge in [-0.15, -0.1) is 0 Å². The Morgan fingerprint density at radius 3 is 2.39 bits per heavy atom. The Morgan fingerprint density at radius 2 is 1.64 bits per heavy atom. The van der Waals surface area contributed by atoms with Crippen LogP contribution >= 0.6 is 0 Å². The quantitative estimate of drug-likeness (QED) is 0.403. The fraction of sp³-hybridized carbons (Fsp3) is 1.00. The zero-order valence-corrected chi connectivity index (χ0v) is 22.7. The molecule has 5 saturated carbocycles. The van der Waals surface area contributed by atoms with Crippen molar-refractivity contribution in [3.05, 3.63) is 0 Å². The van der Waals surface area contributed by atoms with E-state index in [2.05, 4.69) is 34.6 Å². The van der Waals surface area contributed by atoms with Gasteiger partial charge >= 0.3 is 0 Å². The average molecular weight is 455 g/mol. The van der Waals surface area contributed by atoms with E-state index in [4.69, 9.17) is 4.74 Å². The normalized spacial score (nSPS) is 53.8. The molecule has 0 radical (unpaired) electrons. The third-order valence-corrected chi connectivity index (χ3v) is 13.7. The zero-order valence-electron chi connectivity index (χ0n) is 22.7. The molecule has 0 aromatic carbocycles. The summed E-state index contributed by atoms with van der Waals surface area (Å²) in [6.45, 7) is 15.1. The molecule has 6 aliphatic rings. The molecule has 33 heavy (non-hydrogen) atoms. The maximum Gasteiger partial charge on any atom is 0.0526 e. The molecule has 6 fully saturated rings. The van der Waals surface area contributed by atoms with E-state index in [0.717, 1.165) is 66.5 Å². The van der Waals surface area contributed by atoms with Crippen molar-refractivity contribution in [2.24, 2.45) is 69.5 Å². The SMILES string of the molecule is CC(C)CCC[C@@H](C)[C@H]1CC[C@H]2[C@@H]3CC[C@H]4CC5C(CC56CCOC6)C[C@]4(C)[C@H]3CC[C@]12C. The highest BCUT2D eigenvalue weighted by atomic mass is 16.5. The van der Waals surface area contributed by atoms with E-state index >= 15 is 0 Å². The third-order valence-electron chi connectivity index (χ3n) is 13.7. The number of rotatable bonds is 5. The van der Waals surface area contributed by atoms with Gasteiger partial charge in [-0.1, -0.05) is 53.9 Å². The predicted molar refractivity (Wildman–Crippen MR) is 138 cm³/mol. The Labute approximate surface area is 205 Å². The fourth-order valence-electron chi connectivity index (χ4n) is 12.0. The summed E-state index contributed by atoms with van der Waals surface area (Å²) in [5.74, 6) is 9.04. The lowest BCUT2D eigenvalue weighted by atomic mass is 9.37. The van der Waals surface area contributed by atoms with Crippen LogP contribution in [0.1, 0.15) is 118 Å². The molecular formula is C32H54O. The minimum absolute atomic E-state index is 0.623. The van der Waals surface area contributed by atoms with Crippen LogP contribution in [0.3, 0.4) is 0 Å². The van der Waals surface area contributed by atoms with Gasteiger partial charge in [-0.3, -0.25) is 0 Å². The van der Waals surface area contributed by atoms with Crippen molar-refractivity contribution < 1.29 is 4.74 Å². The van der Waals surface area contributed by atoms with Crippen LogP contribution < -0.4 is 0 Å². The van der Waals surface area contributed by atoms with Crippen LogP contribution in [-0.2, 0) is 4.74 Å². The van der Waals surface area contributed by atoms with E-state index in [9.17, 15) is 0 Å². The Kier molecular flexibility index (Phi) is 5.84. The monoisotopic (exact) mass is 454 g/mol. The third kappa shape index (κ3) is 3.47. The molecule has 5 aliphatic carbocycles. The Hall–Kier alpha value is -0.0400. The number of fused-ring (bicyclic) bond motifs is 7. The van der Waals surface area contributed by atoms with Gasteiger partial charge in [0.2, 0.25) is 0 Å². The summed E-state index contributed by atoms with van der Waals surface area (Å²) in [7, 11) is 0. The van der Waals surface area contributed by atoms with E-state index in [0.29, 0.717) is 16.2 Å². The van der Waals surface area contributed by atoms with Gasteiger partial charge in [0.15, 0.2) is 0 Å². The van der Waals surface area contributed by atoms with Gasteiger partial charge in [0.05, 0.1) is 6.61 Å². The van der Waals surface area contributed by atoms with Gasteiger partial charge < -0.3 is 4.74 Å². The molecular weight excluding hydrogens is 400 g/mol. The smallest absolute Gasteiger partial charge is 0.0526 e. The largest absolute Gasteiger partial charge is 0.381 e. The van der Waals surface area contributed by atoms with Gasteiger partial charge in [0, 0.05) is 6.61 Å². The second kappa shape index (κ2) is 8.24. The summed E-state index contributed by atoms with van der Waals surface area (Å²) in [5, 5.41) is 0. The first kappa shape index (κ1) is 23.4. The number of hydrogen-bond acceptors (Lipinski definition) is 1. The average Bonchev–Trinajstić information content (AvgIpc) is 3.38. The molecule has 1 heterocycles. The van der Waals surface area contributed by atoms with Crippen molar-refractivity contribution >= 4 is 0 Å². The highest BCUT2D eigenvalue weighted by Gasteiger charge is 2.65. The molecule has 1 aliphatic heterocycles. The lowest BCUT2D eigenvalue weighted by molar-refractivity contribution is -0.185. The molecule has 0 N–H and O–H groups in total. The van der Waals surface area contributed by atoms with Gasteiger partial charge in [-0.25, -0.2) is 0 Å². The summed E-state index contributed by atoms with van der Waals surface area (Å²) < 4.78 is 5.92. The first-order chi connectivity index (χ1) is 15.8. The first-order valence-electron chi connectivity index (χ1n) is 15.3. The molecule has 1 saturated heterocycles. The Bertz CT molecular complexity index is 720. The molecule has 0 aromatic rings. The molecule has 188 valence electrons. The van der Waals surface area contributed by atoms with E-state index < -0.39 is 0 Å². The van der Waals surface area contributed by atoms with Crippen molar-refractivity contribution in [2.75, 3.05) is 13.2 Å². The molecule has 11 atom stereocenters. The van der Waals surface area contributed by atoms with Gasteiger partial charge in [-0.05, 0) is 134 Å². The standard InChI is InChI=1S/C32H54O/c1-21(2)7-6-8-22(3)26-11-12-27-25-10-9-24-17-29-23(19-32(29)15-16-33-20-32)18-31(24,5)28(25)13-14-30(26,27)4/h21-29H,6-20H2,1-5H3/t22-,23?,24+,25+,26-,27+,28+,29?,30-,31+,32?/m1/s1. The van der Waals surface area contributed by atoms with Crippen molar-refractivity contribution in [2.45, 2.75) is 118 Å². The van der Waals surface area contributed by atoms with E-state index in [1.54, 1.807) is 51.4 Å². The summed E-state index contributed by atoms with van der Waals surface area (Å²) >= 11 is 0. The van der Waals surface area contributed by atoms with Gasteiger partial charge in [-0.2, -0.15) is 0 Å². The highest BCUT2D eigenvalue weighted by Crippen LogP contribution is 2.73. The van der Waals surface area contributed by atoms with Crippen LogP contribution in [0, 0.1) is 69.5 Å². The van der Waals surface area contributed by atoms with Crippen molar-refractivity contribution in [1.82, 2.24) is 0 Å². The van der Waals surface area contributed by atoms with E-state index in [-0.39, 0.29) is 0 Å². The minimum Gasteiger partial charge on any atom is -0.381 e. The second-order valence-corrected chi connectivity index (χ2v) is 15.4. The van der Waals surface area contributed by atoms with Gasteiger partial charge in [0.1, 0.15) is 0 Å². The number of ether oxygens (including phenoxy) is 1. The van der Waals surface area contributed by atoms with Gasteiger partial charge in [0.25, 0.3) is 0 Å². The van der Waals surface area contributed by atoms with Crippen LogP contribution in [0.4, 0.5) is 0 Å². The lowest BCUT2D eigenvalue weighted by Crippen LogP contribution is -2.60. The molecule has 6 rings (SSSR count). The molecule has 0 bridgehead atoms. The summed E-state index contributed by atoms with van der Waals surface area (Å²) in [6, 6.07) is 0. The lowest BCUT2D eigenvalue weighted by Gasteiger charge is -2.67. The van der Waals surface area contributed by atoms with E-state index in [1.807, 2.05) is 0 Å². The number of hydrogen-bond donors (Lipinski definition) is 0. The van der Waals surface area contributed by atoms with Crippen molar-refractivity contribution in [3.63, 3.8) is 0 Å². The highest BCUT2D eigenvalue weighted by molar-refractivity contribution is 5.14. The molecule has 0 amide bonds. The summed E-state index contributed by atoms with van der Waals surface area (Å²) in [6.07, 6.45) is 19.7. The van der Waals surface area contributed by atoms with Crippen molar-refractivity contribution in [1.29, 1.82) is 0 Å². The fourth-order valence-corrected chi connectivity index (χ4v) is 12.0. The topological polar surface area (TPSA) is 9.23 Å². The Balaban J connectivity index is 1.15. The Morgan fingerprint density at radius 1 is 0.818 bits per heavy atom. The van der Waals surface area contributed by atoms with Crippen LogP contribution in [0.15, 0.2) is 0 Å². The minimum atomic E-state index is 0.623. The van der Waals surface area contributed by atoms with Crippen LogP contribution in [-0.4, -0.2) is 13.2 Å². The predicted octanol–water partition coefficient (Wildman–Crippen LogP) is 8.76. The molecule has 0 aromatic heterocycles. The molecule has 3 unspecified atom stereocenters. The summed E-state index contributed by atoms with van der Waals surface area (Å²) in [5.41, 5.74) is 1.94. The van der Waals surface area contributed by atoms with Crippen LogP contribution in [0.5, 0.6) is 0 Å². The second-order valence-electron chi connectivity index (χ2n) is 15.4. The van der Waals surface area contributed by atoms with E-state index in [1.165, 1.54) is 32.1 Å². The maximum absolute atomic E-state index is 5.92. The van der Waals surface area contributed by atoms with Crippen molar-refractivity contribution in [3.8, 4) is 0 Å². The molecule has 1 nitrogen and oxygen atoms in total. The molecule has 1 spiro atoms.